The van der Waals surface area contributed by atoms with E-state index in [0.29, 0.717) is 30.8 Å². The Morgan fingerprint density at radius 1 is 1.17 bits per heavy atom. The number of aliphatic hydroxyl groups is 1. The molecule has 24 heavy (non-hydrogen) atoms. The molecule has 134 valence electrons. The Bertz CT molecular complexity index is 502. The van der Waals surface area contributed by atoms with Crippen molar-refractivity contribution in [3.05, 3.63) is 29.3 Å². The molecular weight excluding hydrogens is 326 g/mol. The van der Waals surface area contributed by atoms with E-state index >= 15 is 0 Å². The van der Waals surface area contributed by atoms with Gasteiger partial charge >= 0.3 is 0 Å². The molecule has 0 unspecified atom stereocenters. The van der Waals surface area contributed by atoms with Crippen molar-refractivity contribution in [1.29, 1.82) is 0 Å². The Morgan fingerprint density at radius 2 is 1.88 bits per heavy atom. The van der Waals surface area contributed by atoms with Crippen molar-refractivity contribution in [2.45, 2.75) is 50.2 Å². The zero-order valence-corrected chi connectivity index (χ0v) is 15.0. The van der Waals surface area contributed by atoms with Crippen LogP contribution in [-0.4, -0.2) is 54.6 Å². The van der Waals surface area contributed by atoms with Crippen molar-refractivity contribution in [3.63, 3.8) is 0 Å². The highest BCUT2D eigenvalue weighted by atomic mass is 35.5. The van der Waals surface area contributed by atoms with Crippen LogP contribution in [-0.2, 0) is 4.74 Å². The monoisotopic (exact) mass is 353 g/mol. The van der Waals surface area contributed by atoms with Gasteiger partial charge in [-0.1, -0.05) is 37.3 Å². The molecule has 1 N–H and O–H groups in total. The molecule has 1 saturated heterocycles. The second kappa shape index (κ2) is 8.52. The van der Waals surface area contributed by atoms with E-state index in [9.17, 15) is 5.11 Å². The SMILES string of the molecule is O[C@@]1(COc2ccc(Cl)cc2)COCCN(C2CCCCCC2)C1. The van der Waals surface area contributed by atoms with Crippen molar-refractivity contribution in [1.82, 2.24) is 4.90 Å². The third-order valence-electron chi connectivity index (χ3n) is 5.05. The summed E-state index contributed by atoms with van der Waals surface area (Å²) in [5.74, 6) is 0.720. The lowest BCUT2D eigenvalue weighted by Gasteiger charge is -2.35. The largest absolute Gasteiger partial charge is 0.490 e. The van der Waals surface area contributed by atoms with Crippen LogP contribution in [0.5, 0.6) is 5.75 Å². The smallest absolute Gasteiger partial charge is 0.134 e. The Balaban J connectivity index is 1.60. The van der Waals surface area contributed by atoms with Gasteiger partial charge in [-0.2, -0.15) is 0 Å². The normalized spacial score (nSPS) is 27.4. The van der Waals surface area contributed by atoms with Crippen LogP contribution >= 0.6 is 11.6 Å². The summed E-state index contributed by atoms with van der Waals surface area (Å²) in [5.41, 5.74) is -0.970. The van der Waals surface area contributed by atoms with Crippen molar-refractivity contribution in [2.24, 2.45) is 0 Å². The van der Waals surface area contributed by atoms with E-state index in [-0.39, 0.29) is 6.61 Å². The molecule has 2 fully saturated rings. The first kappa shape index (κ1) is 18.0. The zero-order valence-electron chi connectivity index (χ0n) is 14.3. The van der Waals surface area contributed by atoms with Crippen LogP contribution in [0.1, 0.15) is 38.5 Å². The molecule has 1 aromatic rings. The highest BCUT2D eigenvalue weighted by Gasteiger charge is 2.36. The third-order valence-corrected chi connectivity index (χ3v) is 5.31. The van der Waals surface area contributed by atoms with Gasteiger partial charge in [-0.3, -0.25) is 4.90 Å². The summed E-state index contributed by atoms with van der Waals surface area (Å²) in [6, 6.07) is 7.81. The van der Waals surface area contributed by atoms with Gasteiger partial charge in [-0.15, -0.1) is 0 Å². The summed E-state index contributed by atoms with van der Waals surface area (Å²) in [7, 11) is 0. The summed E-state index contributed by atoms with van der Waals surface area (Å²) in [5, 5.41) is 11.7. The number of benzene rings is 1. The van der Waals surface area contributed by atoms with Gasteiger partial charge in [0.1, 0.15) is 18.0 Å². The fourth-order valence-corrected chi connectivity index (χ4v) is 3.84. The molecule has 4 nitrogen and oxygen atoms in total. The molecular formula is C19H28ClNO3. The van der Waals surface area contributed by atoms with Crippen molar-refractivity contribution < 1.29 is 14.6 Å². The van der Waals surface area contributed by atoms with Gasteiger partial charge in [0.2, 0.25) is 0 Å². The van der Waals surface area contributed by atoms with Crippen molar-refractivity contribution in [2.75, 3.05) is 32.9 Å². The predicted octanol–water partition coefficient (Wildman–Crippen LogP) is 3.50. The van der Waals surface area contributed by atoms with Gasteiger partial charge in [0, 0.05) is 24.2 Å². The van der Waals surface area contributed by atoms with Crippen LogP contribution < -0.4 is 4.74 Å². The summed E-state index contributed by atoms with van der Waals surface area (Å²) >= 11 is 5.90. The topological polar surface area (TPSA) is 41.9 Å². The molecule has 0 aromatic heterocycles. The number of halogens is 1. The fourth-order valence-electron chi connectivity index (χ4n) is 3.72. The van der Waals surface area contributed by atoms with Crippen LogP contribution in [0.15, 0.2) is 24.3 Å². The van der Waals surface area contributed by atoms with Gasteiger partial charge in [-0.25, -0.2) is 0 Å². The van der Waals surface area contributed by atoms with E-state index in [1.54, 1.807) is 12.1 Å². The van der Waals surface area contributed by atoms with E-state index in [2.05, 4.69) is 4.90 Å². The van der Waals surface area contributed by atoms with Crippen molar-refractivity contribution >= 4 is 11.6 Å². The quantitative estimate of drug-likeness (QED) is 0.841. The molecule has 2 aliphatic rings. The van der Waals surface area contributed by atoms with Crippen LogP contribution in [0.2, 0.25) is 5.02 Å². The zero-order chi connectivity index (χ0) is 16.8. The first-order valence-electron chi connectivity index (χ1n) is 9.07. The average molecular weight is 354 g/mol. The Labute approximate surface area is 149 Å². The molecule has 1 aliphatic heterocycles. The molecule has 3 rings (SSSR count). The predicted molar refractivity (Wildman–Crippen MR) is 95.8 cm³/mol. The summed E-state index contributed by atoms with van der Waals surface area (Å²) < 4.78 is 11.5. The number of ether oxygens (including phenoxy) is 2. The van der Waals surface area contributed by atoms with Crippen LogP contribution in [0, 0.1) is 0 Å². The second-order valence-corrected chi connectivity index (χ2v) is 7.57. The first-order valence-corrected chi connectivity index (χ1v) is 9.45. The van der Waals surface area contributed by atoms with E-state index in [1.165, 1.54) is 38.5 Å². The third kappa shape index (κ3) is 5.09. The lowest BCUT2D eigenvalue weighted by Crippen LogP contribution is -2.51. The van der Waals surface area contributed by atoms with E-state index < -0.39 is 5.60 Å². The molecule has 0 radical (unpaired) electrons. The number of β-amino-alcohol motifs (C(OH)–C–C–N with tert-alkyl or cyclic N) is 1. The summed E-state index contributed by atoms with van der Waals surface area (Å²) in [6.07, 6.45) is 7.72. The molecule has 1 aliphatic carbocycles. The Morgan fingerprint density at radius 3 is 2.58 bits per heavy atom. The van der Waals surface area contributed by atoms with Gasteiger partial charge in [0.15, 0.2) is 0 Å². The number of hydrogen-bond acceptors (Lipinski definition) is 4. The van der Waals surface area contributed by atoms with E-state index in [1.807, 2.05) is 12.1 Å². The molecule has 0 amide bonds. The standard InChI is InChI=1S/C19H28ClNO3/c20-16-7-9-18(10-8-16)24-15-19(22)13-21(11-12-23-14-19)17-5-3-1-2-4-6-17/h7-10,17,22H,1-6,11-15H2/t19-/m1/s1. The molecule has 1 heterocycles. The van der Waals surface area contributed by atoms with Gasteiger partial charge in [0.05, 0.1) is 13.2 Å². The minimum atomic E-state index is -0.970. The number of nitrogens with zero attached hydrogens (tertiary/aromatic N) is 1. The minimum Gasteiger partial charge on any atom is -0.490 e. The lowest BCUT2D eigenvalue weighted by molar-refractivity contribution is -0.0675. The Kier molecular flexibility index (Phi) is 6.39. The van der Waals surface area contributed by atoms with Crippen LogP contribution in [0.25, 0.3) is 0 Å². The van der Waals surface area contributed by atoms with Crippen molar-refractivity contribution in [3.8, 4) is 5.75 Å². The second-order valence-electron chi connectivity index (χ2n) is 7.14. The van der Waals surface area contributed by atoms with Gasteiger partial charge < -0.3 is 14.6 Å². The maximum Gasteiger partial charge on any atom is 0.134 e. The minimum absolute atomic E-state index is 0.234. The molecule has 1 atom stereocenters. The maximum atomic E-state index is 11.0. The Hall–Kier alpha value is -0.810. The first-order chi connectivity index (χ1) is 11.6. The molecule has 1 saturated carbocycles. The lowest BCUT2D eigenvalue weighted by atomic mass is 10.0. The number of hydrogen-bond donors (Lipinski definition) is 1. The molecule has 1 aromatic carbocycles. The van der Waals surface area contributed by atoms with Gasteiger partial charge in [0.25, 0.3) is 0 Å². The highest BCUT2D eigenvalue weighted by molar-refractivity contribution is 6.30. The van der Waals surface area contributed by atoms with Gasteiger partial charge in [-0.05, 0) is 37.1 Å². The fraction of sp³-hybridized carbons (Fsp3) is 0.684. The molecule has 0 bridgehead atoms. The van der Waals surface area contributed by atoms with Crippen LogP contribution in [0.3, 0.4) is 0 Å². The molecule has 5 heteroatoms. The highest BCUT2D eigenvalue weighted by Crippen LogP contribution is 2.25. The maximum absolute atomic E-state index is 11.0. The summed E-state index contributed by atoms with van der Waals surface area (Å²) in [6.45, 7) is 2.75. The average Bonchev–Trinajstić information content (AvgIpc) is 2.96. The van der Waals surface area contributed by atoms with Crippen LogP contribution in [0.4, 0.5) is 0 Å². The van der Waals surface area contributed by atoms with E-state index in [4.69, 9.17) is 21.1 Å². The summed E-state index contributed by atoms with van der Waals surface area (Å²) in [4.78, 5) is 2.42. The number of rotatable bonds is 4. The molecule has 0 spiro atoms. The van der Waals surface area contributed by atoms with E-state index in [0.717, 1.165) is 12.3 Å².